The summed E-state index contributed by atoms with van der Waals surface area (Å²) in [5.74, 6) is -0.216. The van der Waals surface area contributed by atoms with Crippen molar-refractivity contribution in [3.63, 3.8) is 0 Å². The molecule has 1 atom stereocenters. The van der Waals surface area contributed by atoms with Crippen LogP contribution in [0.5, 0.6) is 0 Å². The molecule has 1 aliphatic rings. The van der Waals surface area contributed by atoms with Crippen LogP contribution in [0.4, 0.5) is 9.18 Å². The molecule has 1 aromatic rings. The van der Waals surface area contributed by atoms with E-state index in [0.717, 1.165) is 25.2 Å². The second-order valence-corrected chi connectivity index (χ2v) is 6.88. The number of rotatable bonds is 2. The Hall–Kier alpha value is -1.62. The molecule has 0 radical (unpaired) electrons. The van der Waals surface area contributed by atoms with Gasteiger partial charge in [-0.1, -0.05) is 12.1 Å². The molecule has 2 rings (SSSR count). The van der Waals surface area contributed by atoms with Crippen LogP contribution < -0.4 is 0 Å². The normalized spacial score (nSPS) is 20.0. The van der Waals surface area contributed by atoms with E-state index in [0.29, 0.717) is 6.54 Å². The molecule has 0 bridgehead atoms. The first-order valence-electron chi connectivity index (χ1n) is 7.71. The summed E-state index contributed by atoms with van der Waals surface area (Å²) in [4.78, 5) is 16.2. The number of carbonyl (C=O) groups is 1. The van der Waals surface area contributed by atoms with Crippen molar-refractivity contribution >= 4 is 6.09 Å². The highest BCUT2D eigenvalue weighted by Gasteiger charge is 2.30. The summed E-state index contributed by atoms with van der Waals surface area (Å²) < 4.78 is 18.4. The average Bonchev–Trinajstić information content (AvgIpc) is 2.39. The van der Waals surface area contributed by atoms with Crippen molar-refractivity contribution in [2.24, 2.45) is 0 Å². The van der Waals surface area contributed by atoms with Crippen LogP contribution in [0, 0.1) is 5.82 Å². The van der Waals surface area contributed by atoms with Gasteiger partial charge in [0.05, 0.1) is 0 Å². The monoisotopic (exact) mass is 308 g/mol. The standard InChI is InChI=1S/C17H25FN2O2/c1-13-11-19(12-14-5-7-15(18)8-6-14)9-10-20(13)16(21)22-17(2,3)4/h5-8,13H,9-12H2,1-4H3/t13-/m1/s1. The first kappa shape index (κ1) is 16.7. The summed E-state index contributed by atoms with van der Waals surface area (Å²) in [6.07, 6.45) is -0.249. The molecule has 122 valence electrons. The molecule has 22 heavy (non-hydrogen) atoms. The lowest BCUT2D eigenvalue weighted by Gasteiger charge is -2.40. The van der Waals surface area contributed by atoms with Crippen LogP contribution in [-0.2, 0) is 11.3 Å². The fourth-order valence-electron chi connectivity index (χ4n) is 2.62. The van der Waals surface area contributed by atoms with E-state index in [9.17, 15) is 9.18 Å². The van der Waals surface area contributed by atoms with E-state index in [1.165, 1.54) is 12.1 Å². The zero-order chi connectivity index (χ0) is 16.3. The predicted molar refractivity (Wildman–Crippen MR) is 84.1 cm³/mol. The highest BCUT2D eigenvalue weighted by molar-refractivity contribution is 5.68. The minimum Gasteiger partial charge on any atom is -0.444 e. The number of carbonyl (C=O) groups excluding carboxylic acids is 1. The molecule has 4 nitrogen and oxygen atoms in total. The Bertz CT molecular complexity index is 510. The largest absolute Gasteiger partial charge is 0.444 e. The number of benzene rings is 1. The lowest BCUT2D eigenvalue weighted by atomic mass is 10.1. The molecule has 0 saturated carbocycles. The van der Waals surface area contributed by atoms with Gasteiger partial charge in [-0.15, -0.1) is 0 Å². The summed E-state index contributed by atoms with van der Waals surface area (Å²) >= 11 is 0. The second kappa shape index (κ2) is 6.65. The third kappa shape index (κ3) is 4.70. The third-order valence-corrected chi connectivity index (χ3v) is 3.66. The maximum absolute atomic E-state index is 12.9. The molecule has 1 aliphatic heterocycles. The smallest absolute Gasteiger partial charge is 0.410 e. The Kier molecular flexibility index (Phi) is 5.06. The second-order valence-electron chi connectivity index (χ2n) is 6.88. The third-order valence-electron chi connectivity index (χ3n) is 3.66. The van der Waals surface area contributed by atoms with Crippen LogP contribution in [0.15, 0.2) is 24.3 Å². The molecule has 1 saturated heterocycles. The number of hydrogen-bond donors (Lipinski definition) is 0. The average molecular weight is 308 g/mol. The minimum absolute atomic E-state index is 0.101. The van der Waals surface area contributed by atoms with Gasteiger partial charge in [-0.2, -0.15) is 0 Å². The van der Waals surface area contributed by atoms with Gasteiger partial charge in [0.2, 0.25) is 0 Å². The van der Waals surface area contributed by atoms with E-state index >= 15 is 0 Å². The van der Waals surface area contributed by atoms with Crippen molar-refractivity contribution in [1.29, 1.82) is 0 Å². The molecular weight excluding hydrogens is 283 g/mol. The quantitative estimate of drug-likeness (QED) is 0.840. The first-order valence-corrected chi connectivity index (χ1v) is 7.71. The molecule has 1 fully saturated rings. The minimum atomic E-state index is -0.470. The number of ether oxygens (including phenoxy) is 1. The number of hydrogen-bond acceptors (Lipinski definition) is 3. The van der Waals surface area contributed by atoms with E-state index in [2.05, 4.69) is 4.90 Å². The molecule has 0 aliphatic carbocycles. The zero-order valence-electron chi connectivity index (χ0n) is 13.8. The molecule has 0 unspecified atom stereocenters. The highest BCUT2D eigenvalue weighted by atomic mass is 19.1. The van der Waals surface area contributed by atoms with Gasteiger partial charge >= 0.3 is 6.09 Å². The number of halogens is 1. The van der Waals surface area contributed by atoms with Crippen molar-refractivity contribution in [2.45, 2.75) is 45.9 Å². The predicted octanol–water partition coefficient (Wildman–Crippen LogP) is 3.27. The first-order chi connectivity index (χ1) is 10.2. The van der Waals surface area contributed by atoms with Crippen LogP contribution in [0.1, 0.15) is 33.3 Å². The van der Waals surface area contributed by atoms with Gasteiger partial charge in [0.1, 0.15) is 11.4 Å². The Labute approximate surface area is 131 Å². The van der Waals surface area contributed by atoms with Gasteiger partial charge in [0.25, 0.3) is 0 Å². The van der Waals surface area contributed by atoms with Gasteiger partial charge in [-0.3, -0.25) is 4.90 Å². The summed E-state index contributed by atoms with van der Waals surface area (Å²) in [7, 11) is 0. The SMILES string of the molecule is C[C@@H]1CN(Cc2ccc(F)cc2)CCN1C(=O)OC(C)(C)C. The summed E-state index contributed by atoms with van der Waals surface area (Å²) in [6.45, 7) is 10.7. The molecule has 0 aromatic heterocycles. The molecular formula is C17H25FN2O2. The van der Waals surface area contributed by atoms with Crippen LogP contribution in [0.25, 0.3) is 0 Å². The number of piperazine rings is 1. The van der Waals surface area contributed by atoms with Gasteiger partial charge in [0.15, 0.2) is 0 Å². The Morgan fingerprint density at radius 3 is 2.45 bits per heavy atom. The fourth-order valence-corrected chi connectivity index (χ4v) is 2.62. The number of amides is 1. The van der Waals surface area contributed by atoms with Crippen molar-refractivity contribution in [3.05, 3.63) is 35.6 Å². The van der Waals surface area contributed by atoms with Crippen molar-refractivity contribution in [2.75, 3.05) is 19.6 Å². The maximum Gasteiger partial charge on any atom is 0.410 e. The molecule has 0 spiro atoms. The lowest BCUT2D eigenvalue weighted by molar-refractivity contribution is 0.000559. The molecule has 1 heterocycles. The molecule has 5 heteroatoms. The van der Waals surface area contributed by atoms with Crippen molar-refractivity contribution in [1.82, 2.24) is 9.80 Å². The van der Waals surface area contributed by atoms with Crippen molar-refractivity contribution < 1.29 is 13.9 Å². The fraction of sp³-hybridized carbons (Fsp3) is 0.588. The number of nitrogens with zero attached hydrogens (tertiary/aromatic N) is 2. The van der Waals surface area contributed by atoms with Gasteiger partial charge in [0, 0.05) is 32.2 Å². The molecule has 1 amide bonds. The Morgan fingerprint density at radius 2 is 1.91 bits per heavy atom. The van der Waals surface area contributed by atoms with Gasteiger partial charge in [-0.05, 0) is 45.4 Å². The lowest BCUT2D eigenvalue weighted by Crippen LogP contribution is -2.54. The van der Waals surface area contributed by atoms with Crippen LogP contribution in [-0.4, -0.2) is 47.2 Å². The van der Waals surface area contributed by atoms with Gasteiger partial charge < -0.3 is 9.64 Å². The maximum atomic E-state index is 12.9. The van der Waals surface area contributed by atoms with E-state index < -0.39 is 5.60 Å². The van der Waals surface area contributed by atoms with E-state index in [1.54, 1.807) is 17.0 Å². The van der Waals surface area contributed by atoms with E-state index in [4.69, 9.17) is 4.74 Å². The van der Waals surface area contributed by atoms with Crippen LogP contribution in [0.3, 0.4) is 0 Å². The Balaban J connectivity index is 1.89. The molecule has 0 N–H and O–H groups in total. The summed E-state index contributed by atoms with van der Waals surface area (Å²) in [5.41, 5.74) is 0.613. The summed E-state index contributed by atoms with van der Waals surface area (Å²) in [6, 6.07) is 6.68. The van der Waals surface area contributed by atoms with E-state index in [-0.39, 0.29) is 18.0 Å². The zero-order valence-corrected chi connectivity index (χ0v) is 13.8. The van der Waals surface area contributed by atoms with E-state index in [1.807, 2.05) is 27.7 Å². The van der Waals surface area contributed by atoms with Crippen LogP contribution in [0.2, 0.25) is 0 Å². The van der Waals surface area contributed by atoms with Crippen LogP contribution >= 0.6 is 0 Å². The topological polar surface area (TPSA) is 32.8 Å². The summed E-state index contributed by atoms with van der Waals surface area (Å²) in [5, 5.41) is 0. The Morgan fingerprint density at radius 1 is 1.27 bits per heavy atom. The van der Waals surface area contributed by atoms with Crippen molar-refractivity contribution in [3.8, 4) is 0 Å². The molecule has 1 aromatic carbocycles. The van der Waals surface area contributed by atoms with Gasteiger partial charge in [-0.25, -0.2) is 9.18 Å². The highest BCUT2D eigenvalue weighted by Crippen LogP contribution is 2.17.